The monoisotopic (exact) mass is 294 g/mol. The Labute approximate surface area is 121 Å². The third kappa shape index (κ3) is 5.39. The van der Waals surface area contributed by atoms with E-state index < -0.39 is 12.2 Å². The summed E-state index contributed by atoms with van der Waals surface area (Å²) >= 11 is 0. The minimum Gasteiger partial charge on any atom is -0.465 e. The summed E-state index contributed by atoms with van der Waals surface area (Å²) in [6.07, 6.45) is -2.18. The number of guanidine groups is 1. The number of amides is 2. The van der Waals surface area contributed by atoms with Gasteiger partial charge in [0.2, 0.25) is 0 Å². The molecule has 0 radical (unpaired) electrons. The summed E-state index contributed by atoms with van der Waals surface area (Å²) in [6.45, 7) is 2.32. The smallest absolute Gasteiger partial charge is 0.417 e. The normalized spacial score (nSPS) is 11.0. The van der Waals surface area contributed by atoms with Gasteiger partial charge in [-0.05, 0) is 24.1 Å². The van der Waals surface area contributed by atoms with Gasteiger partial charge in [-0.25, -0.2) is 14.5 Å². The molecular formula is C13H18N4O4. The molecule has 0 aromatic heterocycles. The fourth-order valence-corrected chi connectivity index (χ4v) is 1.57. The maximum absolute atomic E-state index is 10.8. The quantitative estimate of drug-likeness (QED) is 0.485. The number of anilines is 1. The molecule has 0 spiro atoms. The van der Waals surface area contributed by atoms with E-state index in [0.717, 1.165) is 6.42 Å². The number of benzene rings is 1. The average Bonchev–Trinajstić information content (AvgIpc) is 2.42. The molecule has 0 heterocycles. The van der Waals surface area contributed by atoms with E-state index in [0.29, 0.717) is 22.7 Å². The molecule has 1 rings (SSSR count). The van der Waals surface area contributed by atoms with Crippen molar-refractivity contribution in [3.63, 3.8) is 0 Å². The Bertz CT molecular complexity index is 531. The molecule has 0 aliphatic heterocycles. The number of imide groups is 1. The molecule has 0 saturated heterocycles. The topological polar surface area (TPSA) is 128 Å². The fraction of sp³-hybridized carbons (Fsp3) is 0.308. The fourth-order valence-electron chi connectivity index (χ4n) is 1.57. The van der Waals surface area contributed by atoms with E-state index in [1.54, 1.807) is 24.3 Å². The summed E-state index contributed by atoms with van der Waals surface area (Å²) in [4.78, 5) is 26.0. The maximum Gasteiger partial charge on any atom is 0.417 e. The van der Waals surface area contributed by atoms with Crippen molar-refractivity contribution in [3.05, 3.63) is 29.8 Å². The van der Waals surface area contributed by atoms with E-state index in [-0.39, 0.29) is 12.5 Å². The number of hydrogen-bond acceptors (Lipinski definition) is 3. The second-order valence-electron chi connectivity index (χ2n) is 4.24. The molecule has 8 nitrogen and oxygen atoms in total. The van der Waals surface area contributed by atoms with Crippen LogP contribution in [-0.4, -0.2) is 39.8 Å². The molecule has 0 atom stereocenters. The van der Waals surface area contributed by atoms with Crippen LogP contribution in [0.15, 0.2) is 29.3 Å². The number of aliphatic imine (C=N–C) groups is 1. The molecule has 2 amide bonds. The number of carbonyl (C=O) groups is 2. The van der Waals surface area contributed by atoms with Crippen LogP contribution in [-0.2, 0) is 6.54 Å². The number of nitrogens with zero attached hydrogens (tertiary/aromatic N) is 2. The van der Waals surface area contributed by atoms with E-state index in [9.17, 15) is 9.59 Å². The van der Waals surface area contributed by atoms with Gasteiger partial charge in [-0.1, -0.05) is 19.1 Å². The molecule has 0 unspecified atom stereocenters. The molecule has 1 aromatic rings. The van der Waals surface area contributed by atoms with Crippen molar-refractivity contribution in [1.82, 2.24) is 4.90 Å². The highest BCUT2D eigenvalue weighted by molar-refractivity contribution is 5.92. The number of nitrogens with two attached hydrogens (primary N) is 1. The van der Waals surface area contributed by atoms with Crippen LogP contribution >= 0.6 is 0 Å². The Morgan fingerprint density at radius 2 is 2.00 bits per heavy atom. The average molecular weight is 294 g/mol. The lowest BCUT2D eigenvalue weighted by molar-refractivity contribution is 0.120. The van der Waals surface area contributed by atoms with Crippen LogP contribution in [0.3, 0.4) is 0 Å². The molecule has 0 aliphatic carbocycles. The van der Waals surface area contributed by atoms with Crippen molar-refractivity contribution in [2.24, 2.45) is 10.7 Å². The zero-order chi connectivity index (χ0) is 15.8. The van der Waals surface area contributed by atoms with Crippen LogP contribution in [0.5, 0.6) is 0 Å². The summed E-state index contributed by atoms with van der Waals surface area (Å²) in [5.74, 6) is 0.252. The van der Waals surface area contributed by atoms with Crippen molar-refractivity contribution in [2.45, 2.75) is 19.9 Å². The number of nitrogens with one attached hydrogen (secondary N) is 1. The molecule has 8 heteroatoms. The highest BCUT2D eigenvalue weighted by Gasteiger charge is 2.19. The first kappa shape index (κ1) is 16.3. The Kier molecular flexibility index (Phi) is 5.99. The summed E-state index contributed by atoms with van der Waals surface area (Å²) in [5, 5.41) is 20.5. The maximum atomic E-state index is 10.8. The second-order valence-corrected chi connectivity index (χ2v) is 4.24. The predicted octanol–water partition coefficient (Wildman–Crippen LogP) is 1.98. The Balaban J connectivity index is 2.80. The van der Waals surface area contributed by atoms with Gasteiger partial charge in [0, 0.05) is 12.2 Å². The molecule has 114 valence electrons. The van der Waals surface area contributed by atoms with Gasteiger partial charge >= 0.3 is 12.2 Å². The van der Waals surface area contributed by atoms with Gasteiger partial charge in [0.25, 0.3) is 0 Å². The first-order chi connectivity index (χ1) is 9.93. The molecule has 1 aromatic carbocycles. The number of rotatable bonds is 5. The Hall–Kier alpha value is -2.77. The third-order valence-electron chi connectivity index (χ3n) is 2.51. The van der Waals surface area contributed by atoms with Crippen molar-refractivity contribution >= 4 is 23.8 Å². The van der Waals surface area contributed by atoms with Crippen molar-refractivity contribution < 1.29 is 19.8 Å². The van der Waals surface area contributed by atoms with E-state index >= 15 is 0 Å². The van der Waals surface area contributed by atoms with Crippen LogP contribution in [0.4, 0.5) is 15.3 Å². The van der Waals surface area contributed by atoms with Crippen LogP contribution in [0.1, 0.15) is 18.9 Å². The van der Waals surface area contributed by atoms with Gasteiger partial charge in [0.15, 0.2) is 5.96 Å². The Morgan fingerprint density at radius 1 is 1.33 bits per heavy atom. The Morgan fingerprint density at radius 3 is 2.57 bits per heavy atom. The van der Waals surface area contributed by atoms with Gasteiger partial charge in [0.1, 0.15) is 0 Å². The first-order valence-corrected chi connectivity index (χ1v) is 6.33. The minimum atomic E-state index is -1.52. The molecular weight excluding hydrogens is 276 g/mol. The van der Waals surface area contributed by atoms with Crippen LogP contribution in [0.25, 0.3) is 0 Å². The lowest BCUT2D eigenvalue weighted by Crippen LogP contribution is -2.33. The largest absolute Gasteiger partial charge is 0.465 e. The molecule has 0 fully saturated rings. The zero-order valence-electron chi connectivity index (χ0n) is 11.6. The van der Waals surface area contributed by atoms with Crippen molar-refractivity contribution in [3.8, 4) is 0 Å². The van der Waals surface area contributed by atoms with Crippen LogP contribution < -0.4 is 11.1 Å². The SMILES string of the molecule is CCCN=C(N)Nc1cccc(CN(C(=O)O)C(=O)O)c1. The molecule has 21 heavy (non-hydrogen) atoms. The van der Waals surface area contributed by atoms with E-state index in [1.807, 2.05) is 6.92 Å². The lowest BCUT2D eigenvalue weighted by Gasteiger charge is -2.14. The highest BCUT2D eigenvalue weighted by Crippen LogP contribution is 2.13. The second kappa shape index (κ2) is 7.73. The molecule has 0 saturated carbocycles. The number of carboxylic acid groups (broad SMARTS) is 2. The standard InChI is InChI=1S/C13H18N4O4/c1-2-6-15-11(14)16-10-5-3-4-9(7-10)8-17(12(18)19)13(20)21/h3-5,7H,2,6,8H2,1H3,(H,18,19)(H,20,21)(H3,14,15,16). The summed E-state index contributed by atoms with van der Waals surface area (Å²) < 4.78 is 0. The molecule has 0 aliphatic rings. The minimum absolute atomic E-state index is 0.252. The molecule has 5 N–H and O–H groups in total. The van der Waals surface area contributed by atoms with Crippen LogP contribution in [0, 0.1) is 0 Å². The van der Waals surface area contributed by atoms with E-state index in [1.165, 1.54) is 0 Å². The van der Waals surface area contributed by atoms with Gasteiger partial charge in [-0.15, -0.1) is 0 Å². The zero-order valence-corrected chi connectivity index (χ0v) is 11.6. The summed E-state index contributed by atoms with van der Waals surface area (Å²) in [6, 6.07) is 6.65. The van der Waals surface area contributed by atoms with E-state index in [2.05, 4.69) is 10.3 Å². The highest BCUT2D eigenvalue weighted by atomic mass is 16.4. The van der Waals surface area contributed by atoms with Gasteiger partial charge in [-0.3, -0.25) is 4.99 Å². The van der Waals surface area contributed by atoms with Gasteiger partial charge in [0.05, 0.1) is 6.54 Å². The third-order valence-corrected chi connectivity index (χ3v) is 2.51. The van der Waals surface area contributed by atoms with E-state index in [4.69, 9.17) is 15.9 Å². The summed E-state index contributed by atoms with van der Waals surface area (Å²) in [7, 11) is 0. The lowest BCUT2D eigenvalue weighted by atomic mass is 10.2. The summed E-state index contributed by atoms with van der Waals surface area (Å²) in [5.41, 5.74) is 6.81. The van der Waals surface area contributed by atoms with Crippen molar-refractivity contribution in [1.29, 1.82) is 0 Å². The first-order valence-electron chi connectivity index (χ1n) is 6.33. The van der Waals surface area contributed by atoms with Gasteiger partial charge < -0.3 is 21.3 Å². The number of hydrogen-bond donors (Lipinski definition) is 4. The van der Waals surface area contributed by atoms with Gasteiger partial charge in [-0.2, -0.15) is 0 Å². The van der Waals surface area contributed by atoms with Crippen LogP contribution in [0.2, 0.25) is 0 Å². The predicted molar refractivity (Wildman–Crippen MR) is 78.4 cm³/mol. The molecule has 0 bridgehead atoms. The van der Waals surface area contributed by atoms with Crippen molar-refractivity contribution in [2.75, 3.05) is 11.9 Å².